The third-order valence-electron chi connectivity index (χ3n) is 5.04. The second kappa shape index (κ2) is 9.02. The highest BCUT2D eigenvalue weighted by Crippen LogP contribution is 2.29. The van der Waals surface area contributed by atoms with E-state index in [4.69, 9.17) is 10.5 Å². The lowest BCUT2D eigenvalue weighted by Gasteiger charge is -2.26. The minimum atomic E-state index is 0.503. The molecular weight excluding hydrogens is 366 g/mol. The zero-order valence-corrected chi connectivity index (χ0v) is 16.7. The molecule has 0 amide bonds. The van der Waals surface area contributed by atoms with E-state index in [1.54, 1.807) is 0 Å². The number of rotatable bonds is 7. The van der Waals surface area contributed by atoms with Gasteiger partial charge in [0.05, 0.1) is 24.4 Å². The Labute approximate surface area is 170 Å². The summed E-state index contributed by atoms with van der Waals surface area (Å²) in [6.45, 7) is 7.47. The van der Waals surface area contributed by atoms with Crippen molar-refractivity contribution in [1.82, 2.24) is 19.9 Å². The fourth-order valence-electron chi connectivity index (χ4n) is 3.44. The van der Waals surface area contributed by atoms with Crippen molar-refractivity contribution in [1.29, 1.82) is 0 Å². The maximum Gasteiger partial charge on any atom is 0.159 e. The van der Waals surface area contributed by atoms with Gasteiger partial charge in [-0.1, -0.05) is 18.2 Å². The van der Waals surface area contributed by atoms with Gasteiger partial charge in [-0.15, -0.1) is 0 Å². The Hall–Kier alpha value is -2.97. The van der Waals surface area contributed by atoms with Crippen LogP contribution in [0.25, 0.3) is 10.9 Å². The van der Waals surface area contributed by atoms with Crippen molar-refractivity contribution < 1.29 is 4.74 Å². The molecule has 0 bridgehead atoms. The monoisotopic (exact) mass is 393 g/mol. The third-order valence-corrected chi connectivity index (χ3v) is 5.04. The smallest absolute Gasteiger partial charge is 0.159 e. The maximum absolute atomic E-state index is 6.33. The number of ether oxygens (including phenoxy) is 1. The quantitative estimate of drug-likeness (QED) is 0.527. The zero-order valence-electron chi connectivity index (χ0n) is 16.7. The maximum atomic E-state index is 6.33. The van der Waals surface area contributed by atoms with E-state index < -0.39 is 0 Å². The highest BCUT2D eigenvalue weighted by molar-refractivity contribution is 5.93. The first kappa shape index (κ1) is 19.4. The van der Waals surface area contributed by atoms with Crippen molar-refractivity contribution in [3.63, 3.8) is 0 Å². The molecule has 29 heavy (non-hydrogen) atoms. The van der Waals surface area contributed by atoms with E-state index in [0.29, 0.717) is 17.3 Å². The molecular formula is C21H27N7O. The molecule has 8 nitrogen and oxygen atoms in total. The minimum Gasteiger partial charge on any atom is -0.393 e. The van der Waals surface area contributed by atoms with Crippen LogP contribution in [0.1, 0.15) is 12.1 Å². The van der Waals surface area contributed by atoms with E-state index in [1.807, 2.05) is 31.2 Å². The van der Waals surface area contributed by atoms with Crippen LogP contribution < -0.4 is 16.4 Å². The van der Waals surface area contributed by atoms with Crippen molar-refractivity contribution in [2.75, 3.05) is 55.8 Å². The first-order valence-electron chi connectivity index (χ1n) is 9.98. The van der Waals surface area contributed by atoms with Crippen LogP contribution in [0, 0.1) is 6.92 Å². The molecule has 0 unspecified atom stereocenters. The number of morpholine rings is 1. The summed E-state index contributed by atoms with van der Waals surface area (Å²) < 4.78 is 5.38. The van der Waals surface area contributed by atoms with Crippen LogP contribution in [0.4, 0.5) is 23.0 Å². The molecule has 0 radical (unpaired) electrons. The number of fused-ring (bicyclic) bond motifs is 1. The lowest BCUT2D eigenvalue weighted by atomic mass is 10.1. The van der Waals surface area contributed by atoms with Gasteiger partial charge in [0.1, 0.15) is 12.0 Å². The Morgan fingerprint density at radius 1 is 1.10 bits per heavy atom. The lowest BCUT2D eigenvalue weighted by molar-refractivity contribution is 0.0378. The van der Waals surface area contributed by atoms with Crippen molar-refractivity contribution in [3.8, 4) is 0 Å². The molecule has 0 aliphatic carbocycles. The number of nitrogens with one attached hydrogen (secondary N) is 2. The highest BCUT2D eigenvalue weighted by Gasteiger charge is 2.12. The standard InChI is InChI=1S/C21H27N7O/c1-15-6-7-16-4-2-5-17(19(16)26-15)27-21-18(22)20(24-14-25-21)23-8-3-9-28-10-12-29-13-11-28/h2,4-7,14H,3,8-13,22H2,1H3,(H2,23,24,25,27). The fourth-order valence-corrected chi connectivity index (χ4v) is 3.44. The molecule has 0 saturated carbocycles. The second-order valence-electron chi connectivity index (χ2n) is 7.17. The fraction of sp³-hybridized carbons (Fsp3) is 0.381. The summed E-state index contributed by atoms with van der Waals surface area (Å²) in [5.74, 6) is 1.22. The summed E-state index contributed by atoms with van der Waals surface area (Å²) >= 11 is 0. The van der Waals surface area contributed by atoms with Crippen LogP contribution in [0.15, 0.2) is 36.7 Å². The summed E-state index contributed by atoms with van der Waals surface area (Å²) in [6, 6.07) is 10.1. The molecule has 0 atom stereocenters. The van der Waals surface area contributed by atoms with E-state index in [2.05, 4.69) is 36.6 Å². The summed E-state index contributed by atoms with van der Waals surface area (Å²) in [7, 11) is 0. The molecule has 2 aromatic heterocycles. The highest BCUT2D eigenvalue weighted by atomic mass is 16.5. The van der Waals surface area contributed by atoms with Crippen LogP contribution in [-0.4, -0.2) is 59.2 Å². The van der Waals surface area contributed by atoms with E-state index >= 15 is 0 Å². The van der Waals surface area contributed by atoms with Gasteiger partial charge >= 0.3 is 0 Å². The molecule has 1 aliphatic heterocycles. The first-order valence-corrected chi connectivity index (χ1v) is 9.98. The summed E-state index contributed by atoms with van der Waals surface area (Å²) in [5, 5.41) is 7.72. The molecule has 1 aromatic carbocycles. The molecule has 4 N–H and O–H groups in total. The van der Waals surface area contributed by atoms with Gasteiger partial charge in [-0.25, -0.2) is 9.97 Å². The Bertz CT molecular complexity index is 972. The van der Waals surface area contributed by atoms with E-state index in [1.165, 1.54) is 6.33 Å². The molecule has 1 aliphatic rings. The number of nitrogen functional groups attached to an aromatic ring is 1. The average molecular weight is 393 g/mol. The SMILES string of the molecule is Cc1ccc2cccc(Nc3ncnc(NCCCN4CCOCC4)c3N)c2n1. The van der Waals surface area contributed by atoms with Crippen LogP contribution in [0.5, 0.6) is 0 Å². The van der Waals surface area contributed by atoms with Crippen LogP contribution in [0.2, 0.25) is 0 Å². The summed E-state index contributed by atoms with van der Waals surface area (Å²) in [5.41, 5.74) is 9.56. The second-order valence-corrected chi connectivity index (χ2v) is 7.17. The Morgan fingerprint density at radius 3 is 2.79 bits per heavy atom. The number of aromatic nitrogens is 3. The van der Waals surface area contributed by atoms with Crippen molar-refractivity contribution in [2.45, 2.75) is 13.3 Å². The van der Waals surface area contributed by atoms with Gasteiger partial charge < -0.3 is 21.1 Å². The number of benzene rings is 1. The Morgan fingerprint density at radius 2 is 1.93 bits per heavy atom. The number of pyridine rings is 1. The van der Waals surface area contributed by atoms with Crippen LogP contribution in [-0.2, 0) is 4.74 Å². The van der Waals surface area contributed by atoms with Gasteiger partial charge in [0, 0.05) is 30.7 Å². The number of aryl methyl sites for hydroxylation is 1. The number of anilines is 4. The van der Waals surface area contributed by atoms with Gasteiger partial charge in [-0.3, -0.25) is 9.88 Å². The Balaban J connectivity index is 1.42. The number of para-hydroxylation sites is 1. The largest absolute Gasteiger partial charge is 0.393 e. The molecule has 3 heterocycles. The van der Waals surface area contributed by atoms with Gasteiger partial charge in [-0.2, -0.15) is 0 Å². The van der Waals surface area contributed by atoms with Crippen molar-refractivity contribution in [2.24, 2.45) is 0 Å². The number of hydrogen-bond donors (Lipinski definition) is 3. The van der Waals surface area contributed by atoms with E-state index in [-0.39, 0.29) is 0 Å². The van der Waals surface area contributed by atoms with Crippen LogP contribution >= 0.6 is 0 Å². The number of nitrogens with zero attached hydrogens (tertiary/aromatic N) is 4. The van der Waals surface area contributed by atoms with E-state index in [0.717, 1.165) is 68.1 Å². The molecule has 3 aromatic rings. The minimum absolute atomic E-state index is 0.503. The molecule has 1 saturated heterocycles. The number of nitrogens with two attached hydrogens (primary N) is 1. The van der Waals surface area contributed by atoms with E-state index in [9.17, 15) is 0 Å². The first-order chi connectivity index (χ1) is 14.2. The van der Waals surface area contributed by atoms with Gasteiger partial charge in [0.2, 0.25) is 0 Å². The molecule has 152 valence electrons. The molecule has 8 heteroatoms. The molecule has 0 spiro atoms. The van der Waals surface area contributed by atoms with Gasteiger partial charge in [-0.05, 0) is 32.0 Å². The van der Waals surface area contributed by atoms with Crippen molar-refractivity contribution >= 4 is 33.9 Å². The normalized spacial score (nSPS) is 14.8. The topological polar surface area (TPSA) is 101 Å². The zero-order chi connectivity index (χ0) is 20.1. The third kappa shape index (κ3) is 4.72. The van der Waals surface area contributed by atoms with Crippen molar-refractivity contribution in [3.05, 3.63) is 42.4 Å². The summed E-state index contributed by atoms with van der Waals surface area (Å²) in [6.07, 6.45) is 2.53. The lowest BCUT2D eigenvalue weighted by Crippen LogP contribution is -2.37. The molecule has 1 fully saturated rings. The predicted molar refractivity (Wildman–Crippen MR) is 117 cm³/mol. The predicted octanol–water partition coefficient (Wildman–Crippen LogP) is 2.79. The van der Waals surface area contributed by atoms with Crippen LogP contribution in [0.3, 0.4) is 0 Å². The number of hydrogen-bond acceptors (Lipinski definition) is 8. The van der Waals surface area contributed by atoms with Gasteiger partial charge in [0.15, 0.2) is 11.6 Å². The molecule has 4 rings (SSSR count). The summed E-state index contributed by atoms with van der Waals surface area (Å²) in [4.78, 5) is 15.7. The van der Waals surface area contributed by atoms with Gasteiger partial charge in [0.25, 0.3) is 0 Å². The Kier molecular flexibility index (Phi) is 6.02. The average Bonchev–Trinajstić information content (AvgIpc) is 2.75.